The number of nitrogens with zero attached hydrogens (tertiary/aromatic N) is 1. The molecule has 2 unspecified atom stereocenters. The van der Waals surface area contributed by atoms with Crippen LogP contribution in [0.15, 0.2) is 170 Å². The van der Waals surface area contributed by atoms with Gasteiger partial charge >= 0.3 is 11.9 Å². The number of likely N-dealkylation sites (N-methyl/N-ethyl adjacent to an activating group) is 1. The number of unbranched alkanes of at least 4 members (excludes halogenated alkanes) is 8. The van der Waals surface area contributed by atoms with Crippen LogP contribution in [0.4, 0.5) is 0 Å². The number of ether oxygens (including phenoxy) is 2. The van der Waals surface area contributed by atoms with Crippen molar-refractivity contribution in [1.82, 2.24) is 0 Å². The van der Waals surface area contributed by atoms with Crippen LogP contribution in [0.3, 0.4) is 0 Å². The van der Waals surface area contributed by atoms with Crippen molar-refractivity contribution < 1.29 is 42.1 Å². The van der Waals surface area contributed by atoms with Crippen LogP contribution in [0.1, 0.15) is 181 Å². The van der Waals surface area contributed by atoms with Gasteiger partial charge in [-0.25, -0.2) is 0 Å². The Balaban J connectivity index is 4.30. The summed E-state index contributed by atoms with van der Waals surface area (Å²) in [5.74, 6) is -0.958. The summed E-state index contributed by atoms with van der Waals surface area (Å²) in [6.07, 6.45) is 84.1. The monoisotopic (exact) mass is 1070 g/mol. The van der Waals surface area contributed by atoms with E-state index in [1.54, 1.807) is 0 Å². The zero-order chi connectivity index (χ0) is 55.6. The zero-order valence-electron chi connectivity index (χ0n) is 48.1. The van der Waals surface area contributed by atoms with E-state index in [0.29, 0.717) is 23.9 Å². The van der Waals surface area contributed by atoms with Crippen LogP contribution in [0.2, 0.25) is 0 Å². The van der Waals surface area contributed by atoms with Crippen LogP contribution >= 0.6 is 7.82 Å². The molecule has 0 N–H and O–H groups in total. The van der Waals surface area contributed by atoms with Gasteiger partial charge in [-0.1, -0.05) is 223 Å². The topological polar surface area (TPSA) is 111 Å². The van der Waals surface area contributed by atoms with Gasteiger partial charge in [0.1, 0.15) is 19.8 Å². The molecule has 0 fully saturated rings. The predicted molar refractivity (Wildman–Crippen MR) is 323 cm³/mol. The summed E-state index contributed by atoms with van der Waals surface area (Å²) in [6.45, 7) is 3.88. The number of phosphoric ester groups is 1. The molecule has 10 heteroatoms. The normalized spacial score (nSPS) is 14.6. The highest BCUT2D eigenvalue weighted by Gasteiger charge is 2.21. The molecule has 0 spiro atoms. The summed E-state index contributed by atoms with van der Waals surface area (Å²) >= 11 is 0. The van der Waals surface area contributed by atoms with E-state index < -0.39 is 32.5 Å². The van der Waals surface area contributed by atoms with Crippen molar-refractivity contribution in [2.75, 3.05) is 47.5 Å². The van der Waals surface area contributed by atoms with E-state index in [2.05, 4.69) is 172 Å². The van der Waals surface area contributed by atoms with Gasteiger partial charge in [-0.3, -0.25) is 14.2 Å². The van der Waals surface area contributed by atoms with Crippen molar-refractivity contribution in [1.29, 1.82) is 0 Å². The molecular formula is C66H104NO8P. The summed E-state index contributed by atoms with van der Waals surface area (Å²) in [5.41, 5.74) is 0. The minimum atomic E-state index is -4.67. The molecular weight excluding hydrogens is 966 g/mol. The fourth-order valence-corrected chi connectivity index (χ4v) is 7.60. The van der Waals surface area contributed by atoms with E-state index in [-0.39, 0.29) is 26.1 Å². The average Bonchev–Trinajstić information content (AvgIpc) is 3.38. The standard InChI is InChI=1S/C66H104NO8P/c1-6-8-10-12-14-16-18-20-22-24-26-27-28-29-30-31-32-33-34-35-36-37-38-39-41-43-45-47-49-51-53-55-57-59-66(69)75-64(63-74-76(70,71)73-61-60-67(3,4)5)62-72-65(68)58-56-54-52-50-48-46-44-42-40-25-23-21-19-17-15-13-11-9-7-2/h8-11,14-17,20-23,26-27,29-30,32-33,35-36,38-40,42,46,48,52,54,64H,6-7,12-13,18-19,24-25,28,31,34,37,41,43-45,47,49-51,53,55-63H2,1-5H3/b10-8-,11-9-,16-14-,17-15-,22-20-,23-21-,27-26-,30-29-,33-32-,36-35-,39-38-,42-40-,48-46-,54-52-. The number of carbonyl (C=O) groups excluding carboxylic acids is 2. The van der Waals surface area contributed by atoms with Crippen molar-refractivity contribution in [2.24, 2.45) is 0 Å². The quantitative estimate of drug-likeness (QED) is 0.0195. The Morgan fingerprint density at radius 2 is 0.737 bits per heavy atom. The Kier molecular flexibility index (Phi) is 51.8. The molecule has 426 valence electrons. The van der Waals surface area contributed by atoms with Crippen LogP contribution in [0.5, 0.6) is 0 Å². The molecule has 0 aromatic rings. The highest BCUT2D eigenvalue weighted by Crippen LogP contribution is 2.38. The van der Waals surface area contributed by atoms with Crippen molar-refractivity contribution in [3.8, 4) is 0 Å². The Morgan fingerprint density at radius 1 is 0.408 bits per heavy atom. The van der Waals surface area contributed by atoms with Gasteiger partial charge in [0.15, 0.2) is 6.10 Å². The summed E-state index contributed by atoms with van der Waals surface area (Å²) in [5, 5.41) is 0. The first-order chi connectivity index (χ1) is 37.0. The third kappa shape index (κ3) is 58.6. The Hall–Kier alpha value is -4.63. The number of phosphoric acid groups is 1. The van der Waals surface area contributed by atoms with E-state index >= 15 is 0 Å². The van der Waals surface area contributed by atoms with Crippen LogP contribution in [0, 0.1) is 0 Å². The van der Waals surface area contributed by atoms with E-state index in [4.69, 9.17) is 18.5 Å². The van der Waals surface area contributed by atoms with Gasteiger partial charge in [-0.2, -0.15) is 0 Å². The summed E-state index contributed by atoms with van der Waals surface area (Å²) in [6, 6.07) is 0. The number of carbonyl (C=O) groups is 2. The number of hydrogen-bond acceptors (Lipinski definition) is 8. The molecule has 0 rings (SSSR count). The first-order valence-corrected chi connectivity index (χ1v) is 30.3. The maximum atomic E-state index is 12.8. The fraction of sp³-hybridized carbons (Fsp3) is 0.545. The molecule has 0 saturated carbocycles. The molecule has 0 amide bonds. The molecule has 0 aliphatic heterocycles. The summed E-state index contributed by atoms with van der Waals surface area (Å²) < 4.78 is 34.0. The molecule has 0 radical (unpaired) electrons. The lowest BCUT2D eigenvalue weighted by molar-refractivity contribution is -0.870. The molecule has 0 aliphatic rings. The van der Waals surface area contributed by atoms with Gasteiger partial charge in [-0.15, -0.1) is 0 Å². The SMILES string of the molecule is CC/C=C\C/C=C\C/C=C\C/C=C\C/C=C\C/C=C\C/C=C\C/C=C\CCCCCCCCCCC(=O)OC(COC(=O)CC/C=C\C/C=C\C/C=C\C/C=C\C/C=C\C/C=C\CC)COP(=O)([O-])OCC[N+](C)(C)C. The fourth-order valence-electron chi connectivity index (χ4n) is 6.87. The predicted octanol–water partition coefficient (Wildman–Crippen LogP) is 17.6. The summed E-state index contributed by atoms with van der Waals surface area (Å²) in [7, 11) is 1.09. The van der Waals surface area contributed by atoms with Gasteiger partial charge in [-0.05, 0) is 116 Å². The molecule has 0 bridgehead atoms. The third-order valence-corrected chi connectivity index (χ3v) is 12.2. The van der Waals surface area contributed by atoms with Crippen LogP contribution in [-0.4, -0.2) is 70.0 Å². The molecule has 0 saturated heterocycles. The van der Waals surface area contributed by atoms with Crippen molar-refractivity contribution in [2.45, 2.75) is 187 Å². The van der Waals surface area contributed by atoms with Crippen molar-refractivity contribution >= 4 is 19.8 Å². The van der Waals surface area contributed by atoms with E-state index in [0.717, 1.165) is 116 Å². The minimum absolute atomic E-state index is 0.0542. The van der Waals surface area contributed by atoms with E-state index in [1.807, 2.05) is 33.3 Å². The molecule has 9 nitrogen and oxygen atoms in total. The lowest BCUT2D eigenvalue weighted by Gasteiger charge is -2.28. The molecule has 2 atom stereocenters. The largest absolute Gasteiger partial charge is 0.756 e. The maximum absolute atomic E-state index is 12.8. The highest BCUT2D eigenvalue weighted by atomic mass is 31.2. The smallest absolute Gasteiger partial charge is 0.306 e. The second kappa shape index (κ2) is 55.1. The lowest BCUT2D eigenvalue weighted by Crippen LogP contribution is -2.37. The van der Waals surface area contributed by atoms with E-state index in [1.165, 1.54) is 25.7 Å². The molecule has 0 heterocycles. The minimum Gasteiger partial charge on any atom is -0.756 e. The van der Waals surface area contributed by atoms with Crippen LogP contribution in [0.25, 0.3) is 0 Å². The molecule has 0 aromatic carbocycles. The second-order valence-corrected chi connectivity index (χ2v) is 20.9. The zero-order valence-corrected chi connectivity index (χ0v) is 49.0. The first kappa shape index (κ1) is 71.4. The number of hydrogen-bond donors (Lipinski definition) is 0. The van der Waals surface area contributed by atoms with Gasteiger partial charge in [0.25, 0.3) is 7.82 Å². The van der Waals surface area contributed by atoms with Crippen molar-refractivity contribution in [3.63, 3.8) is 0 Å². The number of allylic oxidation sites excluding steroid dienone is 28. The third-order valence-electron chi connectivity index (χ3n) is 11.2. The number of rotatable bonds is 50. The Bertz CT molecular complexity index is 1880. The van der Waals surface area contributed by atoms with Crippen LogP contribution in [-0.2, 0) is 32.7 Å². The van der Waals surface area contributed by atoms with E-state index in [9.17, 15) is 19.0 Å². The summed E-state index contributed by atoms with van der Waals surface area (Å²) in [4.78, 5) is 37.8. The molecule has 76 heavy (non-hydrogen) atoms. The number of quaternary nitrogens is 1. The van der Waals surface area contributed by atoms with Crippen LogP contribution < -0.4 is 4.89 Å². The Morgan fingerprint density at radius 3 is 1.11 bits per heavy atom. The average molecular weight is 1070 g/mol. The molecule has 0 aliphatic carbocycles. The van der Waals surface area contributed by atoms with Gasteiger partial charge in [0, 0.05) is 12.8 Å². The second-order valence-electron chi connectivity index (χ2n) is 19.5. The molecule has 0 aromatic heterocycles. The lowest BCUT2D eigenvalue weighted by atomic mass is 10.1. The highest BCUT2D eigenvalue weighted by molar-refractivity contribution is 7.45. The first-order valence-electron chi connectivity index (χ1n) is 28.8. The van der Waals surface area contributed by atoms with Crippen molar-refractivity contribution in [3.05, 3.63) is 170 Å². The van der Waals surface area contributed by atoms with Gasteiger partial charge in [0.05, 0.1) is 27.7 Å². The van der Waals surface area contributed by atoms with Gasteiger partial charge in [0.2, 0.25) is 0 Å². The Labute approximate surface area is 464 Å². The van der Waals surface area contributed by atoms with Gasteiger partial charge < -0.3 is 27.9 Å². The maximum Gasteiger partial charge on any atom is 0.306 e. The number of esters is 2.